The molecule has 0 radical (unpaired) electrons. The second-order valence-corrected chi connectivity index (χ2v) is 7.77. The third-order valence-electron chi connectivity index (χ3n) is 2.65. The molecule has 1 aliphatic rings. The van der Waals surface area contributed by atoms with Gasteiger partial charge in [-0.25, -0.2) is 0 Å². The van der Waals surface area contributed by atoms with Gasteiger partial charge in [0, 0.05) is 18.8 Å². The molecule has 0 saturated carbocycles. The zero-order valence-electron chi connectivity index (χ0n) is 12.1. The summed E-state index contributed by atoms with van der Waals surface area (Å²) >= 11 is 0. The summed E-state index contributed by atoms with van der Waals surface area (Å²) in [6.45, 7) is 12.4. The van der Waals surface area contributed by atoms with Crippen LogP contribution in [0.15, 0.2) is 0 Å². The minimum atomic E-state index is -2.65. The van der Waals surface area contributed by atoms with Gasteiger partial charge in [-0.2, -0.15) is 0 Å². The fraction of sp³-hybridized carbons (Fsp3) is 1.00. The maximum Gasteiger partial charge on any atom is 0.505 e. The second-order valence-electron chi connectivity index (χ2n) is 4.60. The van der Waals surface area contributed by atoms with Crippen LogP contribution in [0.2, 0.25) is 5.54 Å². The first kappa shape index (κ1) is 16.1. The largest absolute Gasteiger partial charge is 0.505 e. The Hall–Kier alpha value is 0.0169. The van der Waals surface area contributed by atoms with Crippen molar-refractivity contribution >= 4 is 8.80 Å². The molecule has 0 spiro atoms. The van der Waals surface area contributed by atoms with E-state index in [0.717, 1.165) is 6.61 Å². The Labute approximate surface area is 111 Å². The molecule has 0 aromatic heterocycles. The van der Waals surface area contributed by atoms with Gasteiger partial charge >= 0.3 is 8.80 Å². The number of rotatable bonds is 10. The topological polar surface area (TPSA) is 49.5 Å². The standard InChI is InChI=1S/C12H26O5Si/c1-6-15-18(10(3)4,16-7-2)17-11(5)13-8-12-9-14-12/h10-12H,6-9H2,1-5H3. The van der Waals surface area contributed by atoms with E-state index in [4.69, 9.17) is 22.8 Å². The summed E-state index contributed by atoms with van der Waals surface area (Å²) in [4.78, 5) is 0. The van der Waals surface area contributed by atoms with Gasteiger partial charge in [0.05, 0.1) is 13.2 Å². The Bertz CT molecular complexity index is 227. The number of hydrogen-bond donors (Lipinski definition) is 0. The Morgan fingerprint density at radius 1 is 1.17 bits per heavy atom. The molecule has 0 aromatic carbocycles. The molecule has 0 aliphatic carbocycles. The van der Waals surface area contributed by atoms with Gasteiger partial charge in [0.15, 0.2) is 0 Å². The summed E-state index contributed by atoms with van der Waals surface area (Å²) in [6, 6.07) is 0. The SMILES string of the molecule is CCO[Si](OCC)(OC(C)OCC1CO1)C(C)C. The van der Waals surface area contributed by atoms with E-state index in [1.165, 1.54) is 0 Å². The molecule has 1 heterocycles. The predicted molar refractivity (Wildman–Crippen MR) is 70.3 cm³/mol. The van der Waals surface area contributed by atoms with E-state index in [1.807, 2.05) is 20.8 Å². The first-order chi connectivity index (χ1) is 8.54. The van der Waals surface area contributed by atoms with E-state index in [0.29, 0.717) is 19.8 Å². The smallest absolute Gasteiger partial charge is 0.374 e. The second kappa shape index (κ2) is 7.57. The van der Waals surface area contributed by atoms with Crippen molar-refractivity contribution in [2.24, 2.45) is 0 Å². The lowest BCUT2D eigenvalue weighted by Gasteiger charge is -2.34. The molecule has 1 rings (SSSR count). The van der Waals surface area contributed by atoms with E-state index in [-0.39, 0.29) is 17.9 Å². The zero-order valence-corrected chi connectivity index (χ0v) is 13.1. The molecule has 108 valence electrons. The van der Waals surface area contributed by atoms with Gasteiger partial charge in [0.2, 0.25) is 0 Å². The summed E-state index contributed by atoms with van der Waals surface area (Å²) in [7, 11) is -2.65. The van der Waals surface area contributed by atoms with Crippen molar-refractivity contribution in [1.29, 1.82) is 0 Å². The van der Waals surface area contributed by atoms with E-state index in [9.17, 15) is 0 Å². The highest BCUT2D eigenvalue weighted by atomic mass is 28.4. The lowest BCUT2D eigenvalue weighted by Crippen LogP contribution is -2.51. The fourth-order valence-corrected chi connectivity index (χ4v) is 4.15. The minimum Gasteiger partial charge on any atom is -0.374 e. The molecule has 0 N–H and O–H groups in total. The highest BCUT2D eigenvalue weighted by Crippen LogP contribution is 2.27. The molecule has 5 nitrogen and oxygen atoms in total. The van der Waals surface area contributed by atoms with Gasteiger partial charge in [-0.1, -0.05) is 13.8 Å². The lowest BCUT2D eigenvalue weighted by atomic mass is 10.5. The predicted octanol–water partition coefficient (Wildman–Crippen LogP) is 2.19. The fourth-order valence-electron chi connectivity index (χ4n) is 1.65. The first-order valence-corrected chi connectivity index (χ1v) is 8.53. The molecule has 6 heteroatoms. The van der Waals surface area contributed by atoms with Crippen LogP contribution in [0, 0.1) is 0 Å². The van der Waals surface area contributed by atoms with Crippen LogP contribution in [-0.4, -0.2) is 47.6 Å². The summed E-state index contributed by atoms with van der Waals surface area (Å²) in [5.74, 6) is 0. The van der Waals surface area contributed by atoms with E-state index in [1.54, 1.807) is 0 Å². The number of ether oxygens (including phenoxy) is 2. The van der Waals surface area contributed by atoms with Crippen LogP contribution in [-0.2, 0) is 22.8 Å². The summed E-state index contributed by atoms with van der Waals surface area (Å²) in [5.41, 5.74) is 0.209. The van der Waals surface area contributed by atoms with E-state index >= 15 is 0 Å². The number of hydrogen-bond acceptors (Lipinski definition) is 5. The van der Waals surface area contributed by atoms with Crippen LogP contribution in [0.1, 0.15) is 34.6 Å². The van der Waals surface area contributed by atoms with E-state index in [2.05, 4.69) is 13.8 Å². The van der Waals surface area contributed by atoms with Crippen molar-refractivity contribution in [2.75, 3.05) is 26.4 Å². The van der Waals surface area contributed by atoms with Gasteiger partial charge in [0.1, 0.15) is 12.4 Å². The molecule has 18 heavy (non-hydrogen) atoms. The van der Waals surface area contributed by atoms with Crippen molar-refractivity contribution in [3.05, 3.63) is 0 Å². The molecular weight excluding hydrogens is 252 g/mol. The van der Waals surface area contributed by atoms with Gasteiger partial charge in [-0.05, 0) is 20.8 Å². The molecule has 1 aliphatic heterocycles. The Morgan fingerprint density at radius 2 is 1.72 bits per heavy atom. The lowest BCUT2D eigenvalue weighted by molar-refractivity contribution is -0.113. The number of epoxide rings is 1. The average molecular weight is 278 g/mol. The van der Waals surface area contributed by atoms with Gasteiger partial charge in [0.25, 0.3) is 0 Å². The summed E-state index contributed by atoms with van der Waals surface area (Å²) in [5, 5.41) is 0. The molecule has 1 saturated heterocycles. The van der Waals surface area contributed by atoms with Crippen LogP contribution in [0.4, 0.5) is 0 Å². The third kappa shape index (κ3) is 4.95. The van der Waals surface area contributed by atoms with Crippen LogP contribution in [0.3, 0.4) is 0 Å². The zero-order chi connectivity index (χ0) is 13.6. The van der Waals surface area contributed by atoms with Crippen molar-refractivity contribution in [1.82, 2.24) is 0 Å². The van der Waals surface area contributed by atoms with Crippen LogP contribution in [0.25, 0.3) is 0 Å². The van der Waals surface area contributed by atoms with Crippen molar-refractivity contribution < 1.29 is 22.8 Å². The van der Waals surface area contributed by atoms with Gasteiger partial charge in [-0.3, -0.25) is 0 Å². The molecule has 2 unspecified atom stereocenters. The Morgan fingerprint density at radius 3 is 2.11 bits per heavy atom. The van der Waals surface area contributed by atoms with Crippen molar-refractivity contribution in [3.8, 4) is 0 Å². The van der Waals surface area contributed by atoms with Crippen LogP contribution in [0.5, 0.6) is 0 Å². The van der Waals surface area contributed by atoms with Crippen molar-refractivity contribution in [3.63, 3.8) is 0 Å². The molecule has 1 fully saturated rings. The third-order valence-corrected chi connectivity index (χ3v) is 6.10. The van der Waals surface area contributed by atoms with Gasteiger partial charge < -0.3 is 22.8 Å². The highest BCUT2D eigenvalue weighted by molar-refractivity contribution is 6.62. The molecular formula is C12H26O5Si. The maximum atomic E-state index is 5.98. The van der Waals surface area contributed by atoms with Crippen LogP contribution < -0.4 is 0 Å². The summed E-state index contributed by atoms with van der Waals surface area (Å²) in [6.07, 6.45) is -0.0910. The first-order valence-electron chi connectivity index (χ1n) is 6.73. The quantitative estimate of drug-likeness (QED) is 0.348. The molecule has 0 bridgehead atoms. The monoisotopic (exact) mass is 278 g/mol. The average Bonchev–Trinajstić information content (AvgIpc) is 3.10. The van der Waals surface area contributed by atoms with Crippen LogP contribution >= 0.6 is 0 Å². The Kier molecular flexibility index (Phi) is 6.76. The normalized spacial score (nSPS) is 21.3. The summed E-state index contributed by atoms with van der Waals surface area (Å²) < 4.78 is 28.3. The van der Waals surface area contributed by atoms with Gasteiger partial charge in [-0.15, -0.1) is 0 Å². The minimum absolute atomic E-state index is 0.209. The maximum absolute atomic E-state index is 5.98. The molecule has 0 amide bonds. The van der Waals surface area contributed by atoms with Crippen molar-refractivity contribution in [2.45, 2.75) is 52.6 Å². The highest BCUT2D eigenvalue weighted by Gasteiger charge is 2.46. The van der Waals surface area contributed by atoms with E-state index < -0.39 is 8.80 Å². The molecule has 0 aromatic rings. The molecule has 2 atom stereocenters. The Balaban J connectivity index is 2.50.